The molecular weight excluding hydrogens is 349 g/mol. The van der Waals surface area contributed by atoms with Crippen LogP contribution in [0.4, 0.5) is 29.3 Å². The minimum Gasteiger partial charge on any atom is -0.424 e. The van der Waals surface area contributed by atoms with Crippen LogP contribution in [0.2, 0.25) is 0 Å². The number of hydrogen-bond acceptors (Lipinski definition) is 4. The highest BCUT2D eigenvalue weighted by molar-refractivity contribution is 5.99. The van der Waals surface area contributed by atoms with Crippen molar-refractivity contribution in [1.29, 1.82) is 0 Å². The monoisotopic (exact) mass is 360 g/mol. The summed E-state index contributed by atoms with van der Waals surface area (Å²) in [6, 6.07) is 9.63. The van der Waals surface area contributed by atoms with Crippen LogP contribution in [0, 0.1) is 17.5 Å². The van der Waals surface area contributed by atoms with Gasteiger partial charge in [-0.3, -0.25) is 0 Å². The molecule has 2 N–H and O–H groups in total. The summed E-state index contributed by atoms with van der Waals surface area (Å²) in [6.45, 7) is 0. The number of hydrogen-bond donors (Lipinski definition) is 2. The summed E-state index contributed by atoms with van der Waals surface area (Å²) < 4.78 is 44.9. The SMILES string of the molecule is O=C(Nc1cnc(Oc2ccccc2)nc1)Nc1ccc(F)c(F)c1F. The van der Waals surface area contributed by atoms with E-state index in [0.717, 1.165) is 6.07 Å². The minimum atomic E-state index is -1.67. The van der Waals surface area contributed by atoms with E-state index >= 15 is 0 Å². The van der Waals surface area contributed by atoms with Crippen LogP contribution < -0.4 is 15.4 Å². The molecule has 0 unspecified atom stereocenters. The summed E-state index contributed by atoms with van der Waals surface area (Å²) in [5.74, 6) is -3.98. The highest BCUT2D eigenvalue weighted by atomic mass is 19.2. The molecule has 3 aromatic rings. The van der Waals surface area contributed by atoms with Gasteiger partial charge < -0.3 is 15.4 Å². The Morgan fingerprint density at radius 1 is 0.885 bits per heavy atom. The second kappa shape index (κ2) is 7.51. The molecule has 0 aliphatic carbocycles. The van der Waals surface area contributed by atoms with Crippen LogP contribution in [0.5, 0.6) is 11.8 Å². The van der Waals surface area contributed by atoms with Gasteiger partial charge in [0.05, 0.1) is 23.8 Å². The molecule has 3 rings (SSSR count). The molecule has 0 saturated heterocycles. The molecule has 132 valence electrons. The molecule has 0 bridgehead atoms. The third kappa shape index (κ3) is 4.07. The third-order valence-electron chi connectivity index (χ3n) is 3.12. The third-order valence-corrected chi connectivity index (χ3v) is 3.12. The molecule has 1 aromatic heterocycles. The Morgan fingerprint density at radius 3 is 2.27 bits per heavy atom. The van der Waals surface area contributed by atoms with Crippen LogP contribution in [0.15, 0.2) is 54.9 Å². The van der Waals surface area contributed by atoms with Gasteiger partial charge in [0.25, 0.3) is 0 Å². The van der Waals surface area contributed by atoms with Gasteiger partial charge in [0.15, 0.2) is 17.5 Å². The lowest BCUT2D eigenvalue weighted by Gasteiger charge is -2.09. The summed E-state index contributed by atoms with van der Waals surface area (Å²) in [5.41, 5.74) is -0.322. The van der Waals surface area contributed by atoms with Crippen molar-refractivity contribution in [3.8, 4) is 11.8 Å². The van der Waals surface area contributed by atoms with Crippen molar-refractivity contribution in [3.63, 3.8) is 0 Å². The van der Waals surface area contributed by atoms with Gasteiger partial charge in [0.2, 0.25) is 0 Å². The smallest absolute Gasteiger partial charge is 0.323 e. The zero-order valence-electron chi connectivity index (χ0n) is 13.0. The van der Waals surface area contributed by atoms with E-state index in [1.807, 2.05) is 6.07 Å². The molecule has 6 nitrogen and oxygen atoms in total. The van der Waals surface area contributed by atoms with E-state index in [-0.39, 0.29) is 11.7 Å². The molecule has 0 saturated carbocycles. The van der Waals surface area contributed by atoms with Gasteiger partial charge in [0, 0.05) is 0 Å². The van der Waals surface area contributed by atoms with Crippen LogP contribution in [0.3, 0.4) is 0 Å². The molecule has 0 aliphatic rings. The maximum Gasteiger partial charge on any atom is 0.323 e. The lowest BCUT2D eigenvalue weighted by atomic mass is 10.3. The summed E-state index contributed by atoms with van der Waals surface area (Å²) in [5, 5.41) is 4.39. The van der Waals surface area contributed by atoms with Crippen molar-refractivity contribution >= 4 is 17.4 Å². The molecular formula is C17H11F3N4O2. The van der Waals surface area contributed by atoms with Gasteiger partial charge in [-0.05, 0) is 24.3 Å². The predicted octanol–water partition coefficient (Wildman–Crippen LogP) is 4.33. The van der Waals surface area contributed by atoms with Crippen LogP contribution >= 0.6 is 0 Å². The minimum absolute atomic E-state index is 0.0637. The summed E-state index contributed by atoms with van der Waals surface area (Å²) in [4.78, 5) is 19.7. The van der Waals surface area contributed by atoms with Gasteiger partial charge in [-0.2, -0.15) is 0 Å². The first kappa shape index (κ1) is 17.2. The second-order valence-corrected chi connectivity index (χ2v) is 4.97. The van der Waals surface area contributed by atoms with Crippen molar-refractivity contribution in [2.45, 2.75) is 0 Å². The van der Waals surface area contributed by atoms with Crippen LogP contribution in [-0.4, -0.2) is 16.0 Å². The van der Waals surface area contributed by atoms with Crippen molar-refractivity contribution in [1.82, 2.24) is 9.97 Å². The predicted molar refractivity (Wildman–Crippen MR) is 87.5 cm³/mol. The molecule has 0 aliphatic heterocycles. The topological polar surface area (TPSA) is 76.1 Å². The quantitative estimate of drug-likeness (QED) is 0.679. The summed E-state index contributed by atoms with van der Waals surface area (Å²) in [6.07, 6.45) is 2.54. The molecule has 0 spiro atoms. The fourth-order valence-corrected chi connectivity index (χ4v) is 1.93. The van der Waals surface area contributed by atoms with E-state index in [1.54, 1.807) is 24.3 Å². The summed E-state index contributed by atoms with van der Waals surface area (Å²) >= 11 is 0. The van der Waals surface area contributed by atoms with E-state index in [1.165, 1.54) is 12.4 Å². The van der Waals surface area contributed by atoms with Gasteiger partial charge in [-0.1, -0.05) is 18.2 Å². The largest absolute Gasteiger partial charge is 0.424 e. The maximum absolute atomic E-state index is 13.5. The zero-order chi connectivity index (χ0) is 18.5. The first-order valence-electron chi connectivity index (χ1n) is 7.29. The van der Waals surface area contributed by atoms with E-state index < -0.39 is 29.2 Å². The zero-order valence-corrected chi connectivity index (χ0v) is 13.0. The highest BCUT2D eigenvalue weighted by Gasteiger charge is 2.15. The average Bonchev–Trinajstić information content (AvgIpc) is 2.65. The van der Waals surface area contributed by atoms with Crippen molar-refractivity contribution in [3.05, 3.63) is 72.3 Å². The molecule has 0 radical (unpaired) electrons. The Morgan fingerprint density at radius 2 is 1.58 bits per heavy atom. The number of para-hydroxylation sites is 1. The number of carbonyl (C=O) groups excluding carboxylic acids is 1. The van der Waals surface area contributed by atoms with E-state index in [0.29, 0.717) is 11.8 Å². The Hall–Kier alpha value is -3.62. The van der Waals surface area contributed by atoms with Crippen LogP contribution in [0.1, 0.15) is 0 Å². The summed E-state index contributed by atoms with van der Waals surface area (Å²) in [7, 11) is 0. The number of urea groups is 1. The van der Waals surface area contributed by atoms with E-state index in [9.17, 15) is 18.0 Å². The lowest BCUT2D eigenvalue weighted by molar-refractivity contribution is 0.262. The highest BCUT2D eigenvalue weighted by Crippen LogP contribution is 2.20. The molecule has 9 heteroatoms. The fourth-order valence-electron chi connectivity index (χ4n) is 1.93. The Kier molecular flexibility index (Phi) is 4.97. The standard InChI is InChI=1S/C17H11F3N4O2/c18-12-6-7-13(15(20)14(12)19)24-16(25)23-10-8-21-17(22-9-10)26-11-4-2-1-3-5-11/h1-9H,(H2,23,24,25). The number of anilines is 2. The first-order valence-corrected chi connectivity index (χ1v) is 7.29. The van der Waals surface area contributed by atoms with Crippen LogP contribution in [-0.2, 0) is 0 Å². The average molecular weight is 360 g/mol. The molecule has 26 heavy (non-hydrogen) atoms. The number of amides is 2. The number of benzene rings is 2. The normalized spacial score (nSPS) is 10.3. The Bertz CT molecular complexity index is 921. The maximum atomic E-state index is 13.5. The lowest BCUT2D eigenvalue weighted by Crippen LogP contribution is -2.20. The van der Waals surface area contributed by atoms with Gasteiger partial charge in [-0.15, -0.1) is 0 Å². The second-order valence-electron chi connectivity index (χ2n) is 4.97. The van der Waals surface area contributed by atoms with Gasteiger partial charge >= 0.3 is 12.0 Å². The van der Waals surface area contributed by atoms with E-state index in [4.69, 9.17) is 4.74 Å². The van der Waals surface area contributed by atoms with Crippen molar-refractivity contribution in [2.75, 3.05) is 10.6 Å². The van der Waals surface area contributed by atoms with Crippen molar-refractivity contribution in [2.24, 2.45) is 0 Å². The number of aromatic nitrogens is 2. The first-order chi connectivity index (χ1) is 12.5. The van der Waals surface area contributed by atoms with Gasteiger partial charge in [-0.25, -0.2) is 27.9 Å². The number of rotatable bonds is 4. The molecule has 2 aromatic carbocycles. The van der Waals surface area contributed by atoms with Crippen LogP contribution in [0.25, 0.3) is 0 Å². The van der Waals surface area contributed by atoms with Crippen molar-refractivity contribution < 1.29 is 22.7 Å². The number of nitrogens with one attached hydrogen (secondary N) is 2. The number of halogens is 3. The van der Waals surface area contributed by atoms with E-state index in [2.05, 4.69) is 20.6 Å². The Balaban J connectivity index is 1.62. The van der Waals surface area contributed by atoms with Gasteiger partial charge in [0.1, 0.15) is 5.75 Å². The molecule has 2 amide bonds. The fraction of sp³-hybridized carbons (Fsp3) is 0. The molecule has 0 fully saturated rings. The molecule has 0 atom stereocenters. The molecule has 1 heterocycles. The number of nitrogens with zero attached hydrogens (tertiary/aromatic N) is 2. The number of carbonyl (C=O) groups is 1. The number of ether oxygens (including phenoxy) is 1. The Labute approximate surface area is 145 Å².